The summed E-state index contributed by atoms with van der Waals surface area (Å²) in [7, 11) is -1.45. The lowest BCUT2D eigenvalue weighted by Crippen LogP contribution is -2.23. The average Bonchev–Trinajstić information content (AvgIpc) is 2.57. The topological polar surface area (TPSA) is 90.0 Å². The van der Waals surface area contributed by atoms with E-state index in [4.69, 9.17) is 5.14 Å². The van der Waals surface area contributed by atoms with Gasteiger partial charge in [-0.3, -0.25) is 4.68 Å². The molecule has 0 spiro atoms. The van der Waals surface area contributed by atoms with Crippen LogP contribution in [0.5, 0.6) is 0 Å². The van der Waals surface area contributed by atoms with Crippen molar-refractivity contribution in [3.8, 4) is 0 Å². The molecule has 0 fully saturated rings. The first-order valence-electron chi connectivity index (χ1n) is 6.34. The van der Waals surface area contributed by atoms with Gasteiger partial charge in [0.2, 0.25) is 10.0 Å². The largest absolute Gasteiger partial charge is 0.313 e. The summed E-state index contributed by atoms with van der Waals surface area (Å²) in [6.45, 7) is 7.68. The van der Waals surface area contributed by atoms with Crippen molar-refractivity contribution in [3.63, 3.8) is 0 Å². The molecule has 0 saturated carbocycles. The molecule has 1 aromatic rings. The van der Waals surface area contributed by atoms with Gasteiger partial charge < -0.3 is 5.32 Å². The van der Waals surface area contributed by atoms with Gasteiger partial charge in [0.05, 0.1) is 11.4 Å². The summed E-state index contributed by atoms with van der Waals surface area (Å²) in [5.74, 6) is 0.0131. The van der Waals surface area contributed by atoms with Crippen LogP contribution in [0.15, 0.2) is 6.20 Å². The molecule has 0 bridgehead atoms. The standard InChI is InChI=1S/C12H24N4O2S/c1-12(2,3)11-10(9-16(4)15-11)8-14-6-5-7-19(13,17)18/h9,14H,5-8H2,1-4H3,(H2,13,17,18). The van der Waals surface area contributed by atoms with Gasteiger partial charge in [-0.1, -0.05) is 20.8 Å². The van der Waals surface area contributed by atoms with Crippen LogP contribution >= 0.6 is 0 Å². The van der Waals surface area contributed by atoms with Gasteiger partial charge in [0.25, 0.3) is 0 Å². The van der Waals surface area contributed by atoms with E-state index in [1.54, 1.807) is 0 Å². The van der Waals surface area contributed by atoms with Crippen LogP contribution in [0.25, 0.3) is 0 Å². The van der Waals surface area contributed by atoms with Gasteiger partial charge in [-0.25, -0.2) is 13.6 Å². The van der Waals surface area contributed by atoms with Crippen LogP contribution in [0.1, 0.15) is 38.4 Å². The van der Waals surface area contributed by atoms with Crippen LogP contribution in [-0.2, 0) is 29.0 Å². The van der Waals surface area contributed by atoms with E-state index in [1.165, 1.54) is 0 Å². The molecule has 6 nitrogen and oxygen atoms in total. The molecule has 3 N–H and O–H groups in total. The van der Waals surface area contributed by atoms with Crippen LogP contribution in [0.4, 0.5) is 0 Å². The number of primary sulfonamides is 1. The fourth-order valence-corrected chi connectivity index (χ4v) is 2.47. The summed E-state index contributed by atoms with van der Waals surface area (Å²) in [6.07, 6.45) is 2.51. The number of hydrogen-bond acceptors (Lipinski definition) is 4. The number of sulfonamides is 1. The van der Waals surface area contributed by atoms with E-state index in [0.29, 0.717) is 19.5 Å². The lowest BCUT2D eigenvalue weighted by Gasteiger charge is -2.17. The van der Waals surface area contributed by atoms with Crippen molar-refractivity contribution in [1.82, 2.24) is 15.1 Å². The van der Waals surface area contributed by atoms with Gasteiger partial charge in [-0.05, 0) is 13.0 Å². The van der Waals surface area contributed by atoms with Crippen LogP contribution in [0.3, 0.4) is 0 Å². The zero-order valence-corrected chi connectivity index (χ0v) is 12.9. The summed E-state index contributed by atoms with van der Waals surface area (Å²) >= 11 is 0. The molecule has 0 aromatic carbocycles. The van der Waals surface area contributed by atoms with Crippen LogP contribution in [0.2, 0.25) is 0 Å². The highest BCUT2D eigenvalue weighted by Gasteiger charge is 2.21. The normalized spacial score (nSPS) is 12.9. The van der Waals surface area contributed by atoms with E-state index in [-0.39, 0.29) is 11.2 Å². The molecule has 0 aliphatic carbocycles. The Balaban J connectivity index is 2.50. The monoisotopic (exact) mass is 288 g/mol. The minimum atomic E-state index is -3.35. The molecule has 0 radical (unpaired) electrons. The number of aryl methyl sites for hydroxylation is 1. The van der Waals surface area contributed by atoms with Gasteiger partial charge in [-0.2, -0.15) is 5.10 Å². The Morgan fingerprint density at radius 2 is 2.05 bits per heavy atom. The summed E-state index contributed by atoms with van der Waals surface area (Å²) in [4.78, 5) is 0. The van der Waals surface area contributed by atoms with Gasteiger partial charge in [0, 0.05) is 30.8 Å². The van der Waals surface area contributed by atoms with E-state index in [2.05, 4.69) is 31.2 Å². The molecule has 0 amide bonds. The third-order valence-electron chi connectivity index (χ3n) is 2.71. The Bertz CT molecular complexity index is 514. The third-order valence-corrected chi connectivity index (χ3v) is 3.57. The SMILES string of the molecule is Cn1cc(CNCCCS(N)(=O)=O)c(C(C)(C)C)n1. The van der Waals surface area contributed by atoms with E-state index in [9.17, 15) is 8.42 Å². The lowest BCUT2D eigenvalue weighted by molar-refractivity contribution is 0.543. The highest BCUT2D eigenvalue weighted by Crippen LogP contribution is 2.23. The molecule has 110 valence electrons. The minimum Gasteiger partial charge on any atom is -0.313 e. The first kappa shape index (κ1) is 16.1. The molecule has 0 saturated heterocycles. The number of nitrogens with two attached hydrogens (primary N) is 1. The Morgan fingerprint density at radius 1 is 1.42 bits per heavy atom. The van der Waals surface area contributed by atoms with Gasteiger partial charge in [-0.15, -0.1) is 0 Å². The summed E-state index contributed by atoms with van der Waals surface area (Å²) in [6, 6.07) is 0. The molecular formula is C12H24N4O2S. The predicted octanol–water partition coefficient (Wildman–Crippen LogP) is 0.486. The summed E-state index contributed by atoms with van der Waals surface area (Å²) in [5.41, 5.74) is 2.21. The number of nitrogens with zero attached hydrogens (tertiary/aromatic N) is 2. The van der Waals surface area contributed by atoms with Crippen molar-refractivity contribution in [2.75, 3.05) is 12.3 Å². The maximum Gasteiger partial charge on any atom is 0.209 e. The zero-order valence-electron chi connectivity index (χ0n) is 12.1. The van der Waals surface area contributed by atoms with Gasteiger partial charge in [0.15, 0.2) is 0 Å². The second kappa shape index (κ2) is 6.02. The summed E-state index contributed by atoms with van der Waals surface area (Å²) < 4.78 is 23.4. The van der Waals surface area contributed by atoms with Crippen LogP contribution in [0, 0.1) is 0 Å². The van der Waals surface area contributed by atoms with Crippen molar-refractivity contribution in [3.05, 3.63) is 17.5 Å². The van der Waals surface area contributed by atoms with E-state index < -0.39 is 10.0 Å². The fourth-order valence-electron chi connectivity index (χ4n) is 1.92. The van der Waals surface area contributed by atoms with Crippen molar-refractivity contribution in [1.29, 1.82) is 0 Å². The minimum absolute atomic E-state index is 0.00112. The molecule has 0 aliphatic heterocycles. The molecule has 1 heterocycles. The Morgan fingerprint density at radius 3 is 2.58 bits per heavy atom. The second-order valence-corrected chi connectivity index (χ2v) is 7.56. The van der Waals surface area contributed by atoms with Crippen LogP contribution in [-0.4, -0.2) is 30.5 Å². The Labute approximate surface area is 115 Å². The van der Waals surface area contributed by atoms with Crippen molar-refractivity contribution < 1.29 is 8.42 Å². The number of aromatic nitrogens is 2. The van der Waals surface area contributed by atoms with Crippen LogP contribution < -0.4 is 10.5 Å². The maximum absolute atomic E-state index is 10.8. The molecule has 1 rings (SSSR count). The number of rotatable bonds is 6. The molecule has 7 heteroatoms. The quantitative estimate of drug-likeness (QED) is 0.745. The highest BCUT2D eigenvalue weighted by molar-refractivity contribution is 7.89. The lowest BCUT2D eigenvalue weighted by atomic mass is 9.89. The van der Waals surface area contributed by atoms with Gasteiger partial charge >= 0.3 is 0 Å². The van der Waals surface area contributed by atoms with Crippen molar-refractivity contribution in [2.24, 2.45) is 12.2 Å². The molecule has 1 aromatic heterocycles. The van der Waals surface area contributed by atoms with E-state index in [1.807, 2.05) is 17.9 Å². The van der Waals surface area contributed by atoms with Crippen molar-refractivity contribution in [2.45, 2.75) is 39.2 Å². The fraction of sp³-hybridized carbons (Fsp3) is 0.750. The Hall–Kier alpha value is -0.920. The average molecular weight is 288 g/mol. The highest BCUT2D eigenvalue weighted by atomic mass is 32.2. The second-order valence-electron chi connectivity index (χ2n) is 5.82. The molecule has 0 unspecified atom stereocenters. The molecular weight excluding hydrogens is 264 g/mol. The third kappa shape index (κ3) is 5.71. The molecule has 19 heavy (non-hydrogen) atoms. The van der Waals surface area contributed by atoms with E-state index >= 15 is 0 Å². The first-order valence-corrected chi connectivity index (χ1v) is 8.05. The Kier molecular flexibility index (Phi) is 5.11. The summed E-state index contributed by atoms with van der Waals surface area (Å²) in [5, 5.41) is 12.7. The molecule has 0 atom stereocenters. The smallest absolute Gasteiger partial charge is 0.209 e. The number of hydrogen-bond donors (Lipinski definition) is 2. The molecule has 0 aliphatic rings. The maximum atomic E-state index is 10.8. The predicted molar refractivity (Wildman–Crippen MR) is 76.2 cm³/mol. The zero-order chi connectivity index (χ0) is 14.7. The van der Waals surface area contributed by atoms with Crippen molar-refractivity contribution >= 4 is 10.0 Å². The number of nitrogens with one attached hydrogen (secondary N) is 1. The van der Waals surface area contributed by atoms with Gasteiger partial charge in [0.1, 0.15) is 0 Å². The first-order chi connectivity index (χ1) is 8.59. The van der Waals surface area contributed by atoms with E-state index in [0.717, 1.165) is 11.3 Å².